The van der Waals surface area contributed by atoms with Crippen molar-refractivity contribution in [2.75, 3.05) is 45.3 Å². The number of nitrogens with one attached hydrogen (secondary N) is 2. The van der Waals surface area contributed by atoms with Crippen LogP contribution in [0.5, 0.6) is 11.8 Å². The number of carbonyl (C=O) groups excluding carboxylic acids is 2. The summed E-state index contributed by atoms with van der Waals surface area (Å²) in [6, 6.07) is 3.17. The second kappa shape index (κ2) is 13.9. The Morgan fingerprint density at radius 2 is 1.74 bits per heavy atom. The van der Waals surface area contributed by atoms with E-state index in [-0.39, 0.29) is 91.0 Å². The number of piperazine rings is 1. The molecule has 3 aliphatic rings. The van der Waals surface area contributed by atoms with Crippen molar-refractivity contribution in [3.8, 4) is 17.4 Å². The SMILES string of the molecule is CCc1c(N2CCN(C(=O)c3c(OC)[nH]cc(C)c3=O)CC2)c(=O)c2nn(-c3ccnc(OC)c3)nc2n1CC(=O)NC1CC2(CCC(F)(F)CC2)C1. The first kappa shape index (κ1) is 36.0. The van der Waals surface area contributed by atoms with Crippen molar-refractivity contribution in [2.24, 2.45) is 5.41 Å². The van der Waals surface area contributed by atoms with Crippen LogP contribution in [0, 0.1) is 12.3 Å². The third-order valence-corrected chi connectivity index (χ3v) is 11.0. The Balaban J connectivity index is 1.19. The Hall–Kier alpha value is -5.35. The number of hydrogen-bond acceptors (Lipinski definition) is 10. The minimum absolute atomic E-state index is 0.0565. The van der Waals surface area contributed by atoms with Crippen molar-refractivity contribution >= 4 is 28.7 Å². The molecule has 2 N–H and O–H groups in total. The van der Waals surface area contributed by atoms with E-state index in [0.717, 1.165) is 0 Å². The monoisotopic (exact) mass is 735 g/mol. The van der Waals surface area contributed by atoms with Crippen LogP contribution >= 0.6 is 0 Å². The molecular weight excluding hydrogens is 692 g/mol. The highest BCUT2D eigenvalue weighted by atomic mass is 19.3. The first-order chi connectivity index (χ1) is 25.4. The van der Waals surface area contributed by atoms with Crippen molar-refractivity contribution in [1.29, 1.82) is 0 Å². The number of halogens is 2. The van der Waals surface area contributed by atoms with Crippen LogP contribution in [-0.2, 0) is 17.8 Å². The number of methoxy groups -OCH3 is 2. The van der Waals surface area contributed by atoms with E-state index in [9.17, 15) is 28.0 Å². The molecule has 3 fully saturated rings. The van der Waals surface area contributed by atoms with Gasteiger partial charge in [-0.3, -0.25) is 19.2 Å². The molecule has 17 heteroatoms. The summed E-state index contributed by atoms with van der Waals surface area (Å²) in [5, 5.41) is 12.4. The lowest BCUT2D eigenvalue weighted by atomic mass is 9.58. The maximum absolute atomic E-state index is 14.4. The standard InChI is InChI=1S/C36H43F2N9O6/c1-5-24-29(44-12-14-45(15-13-44)34(51)27-30(49)21(2)19-40-33(27)53-4)31(50)28-32(43-47(42-28)23-6-11-39-26(16-23)52-3)46(24)20-25(48)41-22-17-35(18-22)7-9-36(37,38)10-8-35/h6,11,16,19,22H,5,7-10,12-15,17-18,20H2,1-4H3,(H,40,49)(H,41,48). The topological polar surface area (TPSA) is 170 Å². The van der Waals surface area contributed by atoms with Gasteiger partial charge in [-0.05, 0) is 50.5 Å². The van der Waals surface area contributed by atoms with E-state index in [4.69, 9.17) is 9.47 Å². The van der Waals surface area contributed by atoms with Gasteiger partial charge in [-0.2, -0.15) is 0 Å². The fourth-order valence-electron chi connectivity index (χ4n) is 8.05. The van der Waals surface area contributed by atoms with Gasteiger partial charge in [0.05, 0.1) is 19.9 Å². The molecule has 282 valence electrons. The lowest BCUT2D eigenvalue weighted by Gasteiger charge is -2.51. The van der Waals surface area contributed by atoms with Crippen LogP contribution in [0.2, 0.25) is 0 Å². The van der Waals surface area contributed by atoms with Crippen molar-refractivity contribution in [1.82, 2.24) is 39.7 Å². The summed E-state index contributed by atoms with van der Waals surface area (Å²) in [6.07, 6.45) is 5.38. The number of aromatic nitrogens is 6. The molecule has 0 radical (unpaired) electrons. The molecule has 4 aromatic heterocycles. The van der Waals surface area contributed by atoms with E-state index >= 15 is 0 Å². The number of H-pyrrole nitrogens is 1. The fourth-order valence-corrected chi connectivity index (χ4v) is 8.05. The lowest BCUT2D eigenvalue weighted by Crippen LogP contribution is -2.53. The zero-order valence-electron chi connectivity index (χ0n) is 30.2. The van der Waals surface area contributed by atoms with E-state index in [1.54, 1.807) is 28.5 Å². The van der Waals surface area contributed by atoms with Gasteiger partial charge in [-0.15, -0.1) is 15.0 Å². The first-order valence-corrected chi connectivity index (χ1v) is 17.9. The molecule has 0 aromatic carbocycles. The number of fused-ring (bicyclic) bond motifs is 1. The second-order valence-corrected chi connectivity index (χ2v) is 14.3. The van der Waals surface area contributed by atoms with Crippen LogP contribution in [0.1, 0.15) is 67.1 Å². The predicted molar refractivity (Wildman–Crippen MR) is 190 cm³/mol. The Morgan fingerprint density at radius 3 is 2.40 bits per heavy atom. The van der Waals surface area contributed by atoms with Crippen LogP contribution < -0.4 is 30.5 Å². The predicted octanol–water partition coefficient (Wildman–Crippen LogP) is 2.99. The van der Waals surface area contributed by atoms with Crippen molar-refractivity contribution < 1.29 is 27.8 Å². The molecule has 1 saturated heterocycles. The van der Waals surface area contributed by atoms with E-state index < -0.39 is 17.3 Å². The molecule has 0 unspecified atom stereocenters. The normalized spacial score (nSPS) is 18.2. The molecule has 4 aromatic rings. The quantitative estimate of drug-likeness (QED) is 0.261. The van der Waals surface area contributed by atoms with E-state index in [0.29, 0.717) is 60.6 Å². The number of carbonyl (C=O) groups is 2. The third-order valence-electron chi connectivity index (χ3n) is 11.0. The Morgan fingerprint density at radius 1 is 1.02 bits per heavy atom. The Kier molecular flexibility index (Phi) is 9.44. The average molecular weight is 736 g/mol. The zero-order valence-corrected chi connectivity index (χ0v) is 30.2. The summed E-state index contributed by atoms with van der Waals surface area (Å²) in [5.41, 5.74) is 1.08. The number of nitrogens with zero attached hydrogens (tertiary/aromatic N) is 7. The fraction of sp³-hybridized carbons (Fsp3) is 0.528. The number of ether oxygens (including phenoxy) is 2. The highest BCUT2D eigenvalue weighted by Gasteiger charge is 2.50. The summed E-state index contributed by atoms with van der Waals surface area (Å²) in [5.74, 6) is -2.96. The maximum atomic E-state index is 14.4. The number of amides is 2. The average Bonchev–Trinajstić information content (AvgIpc) is 3.60. The number of anilines is 1. The molecule has 53 heavy (non-hydrogen) atoms. The molecule has 2 aliphatic carbocycles. The molecule has 0 bridgehead atoms. The maximum Gasteiger partial charge on any atom is 0.263 e. The third kappa shape index (κ3) is 6.72. The summed E-state index contributed by atoms with van der Waals surface area (Å²) in [7, 11) is 2.87. The van der Waals surface area contributed by atoms with Crippen molar-refractivity contribution in [3.63, 3.8) is 0 Å². The molecule has 1 spiro atoms. The Labute approximate surface area is 303 Å². The number of aromatic amines is 1. The van der Waals surface area contributed by atoms with Gasteiger partial charge in [-0.25, -0.2) is 13.8 Å². The molecule has 5 heterocycles. The molecular formula is C36H43F2N9O6. The molecule has 2 amide bonds. The van der Waals surface area contributed by atoms with Gasteiger partial charge in [0.25, 0.3) is 5.91 Å². The van der Waals surface area contributed by atoms with Crippen molar-refractivity contribution in [3.05, 3.63) is 61.8 Å². The minimum Gasteiger partial charge on any atom is -0.482 e. The summed E-state index contributed by atoms with van der Waals surface area (Å²) < 4.78 is 39.9. The van der Waals surface area contributed by atoms with Gasteiger partial charge in [0.2, 0.25) is 34.4 Å². The minimum atomic E-state index is -2.61. The van der Waals surface area contributed by atoms with Crippen LogP contribution in [0.25, 0.3) is 16.9 Å². The van der Waals surface area contributed by atoms with Crippen LogP contribution in [0.15, 0.2) is 34.1 Å². The summed E-state index contributed by atoms with van der Waals surface area (Å²) >= 11 is 0. The smallest absolute Gasteiger partial charge is 0.263 e. The zero-order chi connectivity index (χ0) is 37.7. The summed E-state index contributed by atoms with van der Waals surface area (Å²) in [4.78, 5) is 66.3. The molecule has 1 aliphatic heterocycles. The number of hydrogen-bond donors (Lipinski definition) is 2. The first-order valence-electron chi connectivity index (χ1n) is 17.9. The number of aryl methyl sites for hydroxylation is 1. The van der Waals surface area contributed by atoms with E-state index in [1.165, 1.54) is 31.4 Å². The lowest BCUT2D eigenvalue weighted by molar-refractivity contribution is -0.127. The molecule has 15 nitrogen and oxygen atoms in total. The van der Waals surface area contributed by atoms with Gasteiger partial charge in [0, 0.05) is 74.8 Å². The highest BCUT2D eigenvalue weighted by molar-refractivity contribution is 5.96. The second-order valence-electron chi connectivity index (χ2n) is 14.3. The van der Waals surface area contributed by atoms with Gasteiger partial charge >= 0.3 is 0 Å². The van der Waals surface area contributed by atoms with Crippen molar-refractivity contribution in [2.45, 2.75) is 77.3 Å². The van der Waals surface area contributed by atoms with Gasteiger partial charge in [0.1, 0.15) is 17.8 Å². The molecule has 7 rings (SSSR count). The van der Waals surface area contributed by atoms with Gasteiger partial charge in [-0.1, -0.05) is 6.92 Å². The van der Waals surface area contributed by atoms with E-state index in [1.807, 2.05) is 11.8 Å². The van der Waals surface area contributed by atoms with Crippen LogP contribution in [0.3, 0.4) is 0 Å². The number of alkyl halides is 2. The van der Waals surface area contributed by atoms with Crippen LogP contribution in [0.4, 0.5) is 14.5 Å². The number of rotatable bonds is 9. The largest absolute Gasteiger partial charge is 0.482 e. The van der Waals surface area contributed by atoms with Gasteiger partial charge in [0.15, 0.2) is 11.2 Å². The summed E-state index contributed by atoms with van der Waals surface area (Å²) in [6.45, 7) is 4.34. The number of pyridine rings is 3. The molecule has 2 saturated carbocycles. The molecule has 0 atom stereocenters. The Bertz CT molecular complexity index is 2170. The highest BCUT2D eigenvalue weighted by Crippen LogP contribution is 2.54. The van der Waals surface area contributed by atoms with E-state index in [2.05, 4.69) is 25.5 Å². The van der Waals surface area contributed by atoms with Crippen LogP contribution in [-0.4, -0.2) is 98.6 Å². The van der Waals surface area contributed by atoms with Gasteiger partial charge < -0.3 is 34.1 Å².